The van der Waals surface area contributed by atoms with Gasteiger partial charge in [-0.15, -0.1) is 0 Å². The second-order valence-electron chi connectivity index (χ2n) is 6.52. The topological polar surface area (TPSA) is 47.6 Å². The second-order valence-corrected chi connectivity index (χ2v) is 6.52. The van der Waals surface area contributed by atoms with Gasteiger partial charge >= 0.3 is 0 Å². The predicted molar refractivity (Wildman–Crippen MR) is 96.7 cm³/mol. The van der Waals surface area contributed by atoms with Crippen LogP contribution in [-0.2, 0) is 11.2 Å². The molecule has 0 aliphatic carbocycles. The maximum atomic E-state index is 11.9. The highest BCUT2D eigenvalue weighted by molar-refractivity contribution is 5.78. The molecular weight excluding hydrogens is 314 g/mol. The fourth-order valence-corrected chi connectivity index (χ4v) is 2.71. The van der Waals surface area contributed by atoms with Gasteiger partial charge in [0.2, 0.25) is 0 Å². The van der Waals surface area contributed by atoms with E-state index in [-0.39, 0.29) is 24.7 Å². The molecule has 0 fully saturated rings. The molecule has 2 aromatic carbocycles. The van der Waals surface area contributed by atoms with Crippen molar-refractivity contribution < 1.29 is 14.3 Å². The molecule has 4 nitrogen and oxygen atoms in total. The van der Waals surface area contributed by atoms with E-state index in [1.807, 2.05) is 62.4 Å². The number of ether oxygens (including phenoxy) is 2. The first-order valence-electron chi connectivity index (χ1n) is 8.28. The van der Waals surface area contributed by atoms with Gasteiger partial charge in [-0.25, -0.2) is 0 Å². The molecule has 1 aliphatic heterocycles. The molecule has 0 radical (unpaired) electrons. The van der Waals surface area contributed by atoms with Crippen LogP contribution in [0.15, 0.2) is 48.5 Å². The van der Waals surface area contributed by atoms with E-state index in [0.717, 1.165) is 23.3 Å². The molecule has 2 aromatic rings. The molecule has 0 aromatic heterocycles. The summed E-state index contributed by atoms with van der Waals surface area (Å²) in [7, 11) is 0. The Balaban J connectivity index is 1.49. The average molecular weight is 335 g/mol. The van der Waals surface area contributed by atoms with Crippen molar-refractivity contribution in [1.82, 2.24) is 5.32 Å². The lowest BCUT2D eigenvalue weighted by molar-refractivity contribution is -0.122. The smallest absolute Gasteiger partial charge is 0.258 e. The third-order valence-corrected chi connectivity index (χ3v) is 3.79. The lowest BCUT2D eigenvalue weighted by Crippen LogP contribution is -2.29. The van der Waals surface area contributed by atoms with Gasteiger partial charge in [-0.2, -0.15) is 0 Å². The van der Waals surface area contributed by atoms with Crippen LogP contribution in [0.3, 0.4) is 0 Å². The van der Waals surface area contributed by atoms with Gasteiger partial charge < -0.3 is 14.8 Å². The largest absolute Gasteiger partial charge is 0.483 e. The lowest BCUT2D eigenvalue weighted by Gasteiger charge is -2.18. The van der Waals surface area contributed by atoms with Gasteiger partial charge in [-0.1, -0.05) is 42.2 Å². The van der Waals surface area contributed by atoms with Crippen LogP contribution in [0.2, 0.25) is 0 Å². The minimum atomic E-state index is -0.239. The molecule has 3 rings (SSSR count). The highest BCUT2D eigenvalue weighted by Crippen LogP contribution is 2.41. The first kappa shape index (κ1) is 16.9. The molecule has 0 bridgehead atoms. The molecular formula is C21H21NO3. The van der Waals surface area contributed by atoms with Crippen LogP contribution in [0, 0.1) is 11.8 Å². The van der Waals surface area contributed by atoms with Crippen LogP contribution in [0.25, 0.3) is 0 Å². The van der Waals surface area contributed by atoms with Crippen molar-refractivity contribution in [3.8, 4) is 23.3 Å². The molecule has 4 heteroatoms. The number of nitrogens with one attached hydrogen (secondary N) is 1. The zero-order valence-corrected chi connectivity index (χ0v) is 14.5. The summed E-state index contributed by atoms with van der Waals surface area (Å²) in [5.41, 5.74) is 1.79. The number of para-hydroxylation sites is 1. The Labute approximate surface area is 148 Å². The zero-order valence-electron chi connectivity index (χ0n) is 14.5. The van der Waals surface area contributed by atoms with Gasteiger partial charge in [0.1, 0.15) is 5.60 Å². The van der Waals surface area contributed by atoms with Crippen LogP contribution in [0.4, 0.5) is 0 Å². The van der Waals surface area contributed by atoms with Gasteiger partial charge in [0, 0.05) is 17.5 Å². The number of hydrogen-bond donors (Lipinski definition) is 1. The van der Waals surface area contributed by atoms with E-state index in [0.29, 0.717) is 5.75 Å². The summed E-state index contributed by atoms with van der Waals surface area (Å²) in [5, 5.41) is 2.73. The van der Waals surface area contributed by atoms with Crippen LogP contribution in [0.5, 0.6) is 11.5 Å². The molecule has 0 saturated carbocycles. The monoisotopic (exact) mass is 335 g/mol. The highest BCUT2D eigenvalue weighted by Gasteiger charge is 2.32. The molecule has 0 spiro atoms. The third kappa shape index (κ3) is 4.54. The molecule has 0 unspecified atom stereocenters. The van der Waals surface area contributed by atoms with E-state index in [1.54, 1.807) is 0 Å². The van der Waals surface area contributed by atoms with E-state index in [9.17, 15) is 4.79 Å². The Morgan fingerprint density at radius 3 is 2.80 bits per heavy atom. The summed E-state index contributed by atoms with van der Waals surface area (Å²) in [6, 6.07) is 15.4. The van der Waals surface area contributed by atoms with Gasteiger partial charge in [0.25, 0.3) is 5.91 Å². The summed E-state index contributed by atoms with van der Waals surface area (Å²) < 4.78 is 11.6. The quantitative estimate of drug-likeness (QED) is 0.874. The van der Waals surface area contributed by atoms with Gasteiger partial charge in [0.05, 0.1) is 6.54 Å². The molecule has 1 N–H and O–H groups in total. The molecule has 25 heavy (non-hydrogen) atoms. The molecule has 0 saturated heterocycles. The van der Waals surface area contributed by atoms with Crippen molar-refractivity contribution in [2.24, 2.45) is 0 Å². The predicted octanol–water partition coefficient (Wildman–Crippen LogP) is 2.95. The van der Waals surface area contributed by atoms with E-state index >= 15 is 0 Å². The minimum Gasteiger partial charge on any atom is -0.483 e. The fraction of sp³-hybridized carbons (Fsp3) is 0.286. The van der Waals surface area contributed by atoms with Gasteiger partial charge in [-0.3, -0.25) is 4.79 Å². The maximum Gasteiger partial charge on any atom is 0.258 e. The average Bonchev–Trinajstić information content (AvgIpc) is 2.92. The molecule has 128 valence electrons. The van der Waals surface area contributed by atoms with E-state index in [4.69, 9.17) is 9.47 Å². The van der Waals surface area contributed by atoms with Crippen molar-refractivity contribution >= 4 is 5.91 Å². The van der Waals surface area contributed by atoms with Crippen molar-refractivity contribution in [1.29, 1.82) is 0 Å². The highest BCUT2D eigenvalue weighted by atomic mass is 16.5. The summed E-state index contributed by atoms with van der Waals surface area (Å²) in [6.45, 7) is 4.30. The first-order chi connectivity index (χ1) is 12.0. The van der Waals surface area contributed by atoms with E-state index in [2.05, 4.69) is 17.2 Å². The Hall–Kier alpha value is -2.93. The van der Waals surface area contributed by atoms with E-state index in [1.165, 1.54) is 0 Å². The Bertz CT molecular complexity index is 816. The van der Waals surface area contributed by atoms with Crippen molar-refractivity contribution in [3.63, 3.8) is 0 Å². The van der Waals surface area contributed by atoms with Gasteiger partial charge in [0.15, 0.2) is 18.1 Å². The number of amides is 1. The molecule has 1 aliphatic rings. The summed E-state index contributed by atoms with van der Waals surface area (Å²) in [6.07, 6.45) is 0.834. The minimum absolute atomic E-state index is 0.0622. The Kier molecular flexibility index (Phi) is 4.95. The van der Waals surface area contributed by atoms with Crippen LogP contribution >= 0.6 is 0 Å². The summed E-state index contributed by atoms with van der Waals surface area (Å²) >= 11 is 0. The second kappa shape index (κ2) is 7.31. The van der Waals surface area contributed by atoms with Crippen LogP contribution in [0.1, 0.15) is 25.0 Å². The molecule has 0 atom stereocenters. The van der Waals surface area contributed by atoms with Crippen LogP contribution in [-0.4, -0.2) is 24.7 Å². The van der Waals surface area contributed by atoms with Crippen molar-refractivity contribution in [3.05, 3.63) is 59.7 Å². The molecule has 1 heterocycles. The normalized spacial score (nSPS) is 13.8. The van der Waals surface area contributed by atoms with Crippen LogP contribution < -0.4 is 14.8 Å². The molecule has 1 amide bonds. The van der Waals surface area contributed by atoms with E-state index < -0.39 is 0 Å². The number of rotatable bonds is 4. The summed E-state index contributed by atoms with van der Waals surface area (Å²) in [5.74, 6) is 7.05. The standard InChI is InChI=1S/C21H21NO3/c1-21(2)14-17-11-6-12-18(20(17)25-21)24-15-19(23)22-13-7-10-16-8-4-3-5-9-16/h3-6,8-9,11-12H,13-15H2,1-2H3,(H,22,23). The van der Waals surface area contributed by atoms with Crippen molar-refractivity contribution in [2.75, 3.05) is 13.2 Å². The summed E-state index contributed by atoms with van der Waals surface area (Å²) in [4.78, 5) is 11.9. The Morgan fingerprint density at radius 1 is 1.20 bits per heavy atom. The number of benzene rings is 2. The Morgan fingerprint density at radius 2 is 2.00 bits per heavy atom. The number of hydrogen-bond acceptors (Lipinski definition) is 3. The third-order valence-electron chi connectivity index (χ3n) is 3.79. The number of fused-ring (bicyclic) bond motifs is 1. The maximum absolute atomic E-state index is 11.9. The SMILES string of the molecule is CC1(C)Cc2cccc(OCC(=O)NCC#Cc3ccccc3)c2O1. The van der Waals surface area contributed by atoms with Gasteiger partial charge in [-0.05, 0) is 32.0 Å². The fourth-order valence-electron chi connectivity index (χ4n) is 2.71. The first-order valence-corrected chi connectivity index (χ1v) is 8.28. The van der Waals surface area contributed by atoms with Crippen molar-refractivity contribution in [2.45, 2.75) is 25.9 Å². The number of carbonyl (C=O) groups is 1. The zero-order chi connectivity index (χ0) is 17.7. The lowest BCUT2D eigenvalue weighted by atomic mass is 10.0. The number of carbonyl (C=O) groups excluding carboxylic acids is 1.